The predicted molar refractivity (Wildman–Crippen MR) is 401 cm³/mol. The summed E-state index contributed by atoms with van der Waals surface area (Å²) in [4.78, 5) is 75.3. The van der Waals surface area contributed by atoms with E-state index in [2.05, 4.69) is 87.8 Å². The molecule has 4 aliphatic heterocycles. The molecular formula is C85H80N16O3. The molecule has 12 aromatic heterocycles. The summed E-state index contributed by atoms with van der Waals surface area (Å²) in [5.74, 6) is 6.29. The van der Waals surface area contributed by atoms with Gasteiger partial charge in [-0.05, 0) is 215 Å². The van der Waals surface area contributed by atoms with E-state index in [1.54, 1.807) is 41.9 Å². The maximum Gasteiger partial charge on any atom is 0.335 e. The van der Waals surface area contributed by atoms with Gasteiger partial charge in [0.15, 0.2) is 0 Å². The molecule has 4 aliphatic carbocycles. The predicted octanol–water partition coefficient (Wildman–Crippen LogP) is 17.5. The van der Waals surface area contributed by atoms with Crippen LogP contribution in [0.15, 0.2) is 181 Å². The first-order valence-electron chi connectivity index (χ1n) is 36.8. The summed E-state index contributed by atoms with van der Waals surface area (Å²) >= 11 is 0. The molecule has 19 nitrogen and oxygen atoms in total. The number of benzene rings is 1. The van der Waals surface area contributed by atoms with E-state index >= 15 is 0 Å². The van der Waals surface area contributed by atoms with Gasteiger partial charge in [0.2, 0.25) is 5.56 Å². The van der Waals surface area contributed by atoms with Gasteiger partial charge in [0, 0.05) is 148 Å². The number of imidazole rings is 4. The average molecular weight is 1370 g/mol. The summed E-state index contributed by atoms with van der Waals surface area (Å²) < 4.78 is 11.4. The lowest BCUT2D eigenvalue weighted by atomic mass is 10.0. The Morgan fingerprint density at radius 1 is 0.365 bits per heavy atom. The smallest absolute Gasteiger partial charge is 0.335 e. The van der Waals surface area contributed by atoms with Crippen LogP contribution in [0.3, 0.4) is 0 Å². The van der Waals surface area contributed by atoms with Crippen molar-refractivity contribution in [2.24, 2.45) is 7.05 Å². The minimum absolute atomic E-state index is 0.00154. The van der Waals surface area contributed by atoms with Crippen molar-refractivity contribution in [3.05, 3.63) is 244 Å². The third-order valence-corrected chi connectivity index (χ3v) is 22.8. The zero-order valence-electron chi connectivity index (χ0n) is 59.3. The molecule has 518 valence electrons. The number of aryl methyl sites for hydroxylation is 6. The number of carbonyl (C=O) groups is 1. The Morgan fingerprint density at radius 3 is 1.12 bits per heavy atom. The van der Waals surface area contributed by atoms with Crippen molar-refractivity contribution in [1.82, 2.24) is 77.7 Å². The van der Waals surface area contributed by atoms with Crippen LogP contribution in [0.1, 0.15) is 187 Å². The van der Waals surface area contributed by atoms with E-state index in [0.29, 0.717) is 47.8 Å². The van der Waals surface area contributed by atoms with Gasteiger partial charge in [-0.15, -0.1) is 0 Å². The molecule has 0 amide bonds. The molecule has 8 unspecified atom stereocenters. The topological polar surface area (TPSA) is 221 Å². The molecule has 8 bridgehead atoms. The third kappa shape index (κ3) is 11.5. The van der Waals surface area contributed by atoms with Crippen molar-refractivity contribution in [1.29, 1.82) is 0 Å². The highest BCUT2D eigenvalue weighted by Crippen LogP contribution is 2.57. The molecule has 0 spiro atoms. The standard InChI is InChI=1S/C26H22N4O2.C20H20N4O.C20H20N4.C19H18N4/c1-15-3-2-4-21(28-15)23-24(30-20-10-9-19(13-20)25(30)29-23)18-11-12-27-22(14-18)16-5-7-17(8-6-16)26(31)32;1-12-4-3-5-16(21-12)18-19(14-7-9-17(25)23(2)11-14)24-15-8-6-13(10-15)20(24)22-18;1-12-4-3-5-17(22-12)18-19(14-8-9-21-13(2)10-14)24-16-7-6-15(11-16)20(24)23-18;1-12-3-2-4-16(21-12)17-18(13-7-9-20-10-8-13)23-15-6-5-14(11-15)19(23)22-17/h2-8,11-12,14,19-20H,9-10,13H2,1H3,(H,31,32);3-5,7,9,11,13,15H,6,8,10H2,1-2H3;3-5,8-10,15-16H,6-7,11H2,1-2H3;2-4,7-10,14-15H,5-6,11H2,1H3. The minimum atomic E-state index is -0.932. The van der Waals surface area contributed by atoms with Crippen LogP contribution < -0.4 is 5.56 Å². The molecule has 21 rings (SSSR count). The molecular weight excluding hydrogens is 1290 g/mol. The lowest BCUT2D eigenvalue weighted by molar-refractivity contribution is 0.0696. The first-order valence-corrected chi connectivity index (χ1v) is 36.8. The Hall–Kier alpha value is -11.5. The Bertz CT molecular complexity index is 5590. The minimum Gasteiger partial charge on any atom is -0.478 e. The van der Waals surface area contributed by atoms with Crippen molar-refractivity contribution in [2.45, 2.75) is 160 Å². The number of carboxylic acid groups (broad SMARTS) is 1. The summed E-state index contributed by atoms with van der Waals surface area (Å²) in [6, 6.07) is 49.6. The largest absolute Gasteiger partial charge is 0.478 e. The fourth-order valence-electron chi connectivity index (χ4n) is 18.1. The van der Waals surface area contributed by atoms with Crippen molar-refractivity contribution >= 4 is 5.97 Å². The molecule has 1 N–H and O–H groups in total. The molecule has 4 saturated carbocycles. The first-order chi connectivity index (χ1) is 50.7. The van der Waals surface area contributed by atoms with Crippen LogP contribution in [0.2, 0.25) is 0 Å². The van der Waals surface area contributed by atoms with Crippen molar-refractivity contribution in [2.75, 3.05) is 0 Å². The number of rotatable bonds is 10. The van der Waals surface area contributed by atoms with Gasteiger partial charge >= 0.3 is 5.97 Å². The highest BCUT2D eigenvalue weighted by atomic mass is 16.4. The maximum absolute atomic E-state index is 11.8. The molecule has 8 aliphatic rings. The fraction of sp³-hybridized carbons (Fsp3) is 0.306. The third-order valence-electron chi connectivity index (χ3n) is 22.8. The van der Waals surface area contributed by atoms with Gasteiger partial charge in [0.25, 0.3) is 0 Å². The average Bonchev–Trinajstić information content (AvgIpc) is 1.59. The maximum atomic E-state index is 11.8. The highest BCUT2D eigenvalue weighted by molar-refractivity contribution is 5.89. The van der Waals surface area contributed by atoms with Crippen LogP contribution in [0, 0.1) is 34.6 Å². The molecule has 4 fully saturated rings. The molecule has 19 heteroatoms. The number of aromatic carboxylic acids is 1. The molecule has 16 heterocycles. The van der Waals surface area contributed by atoms with Gasteiger partial charge in [0.05, 0.1) is 56.8 Å². The number of hydrogen-bond acceptors (Lipinski definition) is 13. The summed E-state index contributed by atoms with van der Waals surface area (Å²) in [7, 11) is 1.80. The van der Waals surface area contributed by atoms with E-state index in [-0.39, 0.29) is 11.1 Å². The van der Waals surface area contributed by atoms with Gasteiger partial charge in [0.1, 0.15) is 46.1 Å². The van der Waals surface area contributed by atoms with E-state index < -0.39 is 5.97 Å². The highest BCUT2D eigenvalue weighted by Gasteiger charge is 2.45. The number of aromatic nitrogens is 16. The summed E-state index contributed by atoms with van der Waals surface area (Å²) in [6.45, 7) is 10.1. The van der Waals surface area contributed by atoms with Crippen LogP contribution >= 0.6 is 0 Å². The van der Waals surface area contributed by atoms with Crippen LogP contribution in [0.4, 0.5) is 0 Å². The SMILES string of the molecule is Cc1cc(-c2c(-c3cccc(C)n3)nc3n2C2CCC3C2)ccn1.Cc1cccc(-c2nc3n(c2-c2ccc(=O)n(C)c2)C2CCC3C2)n1.Cc1cccc(-c2nc3n(c2-c2ccnc(-c4ccc(C(=O)O)cc4)c2)C2CCC3C2)n1.Cc1cccc(-c2nc3n(c2-c2ccncc2)C2CCC3C2)n1. The van der Waals surface area contributed by atoms with Crippen molar-refractivity contribution in [3.8, 4) is 102 Å². The van der Waals surface area contributed by atoms with Crippen LogP contribution in [-0.2, 0) is 7.05 Å². The van der Waals surface area contributed by atoms with E-state index in [1.807, 2.05) is 126 Å². The first kappa shape index (κ1) is 64.6. The van der Waals surface area contributed by atoms with Gasteiger partial charge < -0.3 is 27.9 Å². The fourth-order valence-corrected chi connectivity index (χ4v) is 18.1. The number of carboxylic acids is 1. The molecule has 0 saturated heterocycles. The van der Waals surface area contributed by atoms with Gasteiger partial charge in [-0.1, -0.05) is 36.4 Å². The second kappa shape index (κ2) is 26.1. The Balaban J connectivity index is 0.0000000996. The van der Waals surface area contributed by atoms with E-state index in [0.717, 1.165) is 108 Å². The van der Waals surface area contributed by atoms with Crippen LogP contribution in [-0.4, -0.2) is 88.7 Å². The molecule has 13 aromatic rings. The summed E-state index contributed by atoms with van der Waals surface area (Å²) in [5, 5.41) is 9.18. The van der Waals surface area contributed by atoms with Crippen molar-refractivity contribution < 1.29 is 9.90 Å². The zero-order valence-corrected chi connectivity index (χ0v) is 59.3. The second-order valence-corrected chi connectivity index (χ2v) is 29.6. The molecule has 0 radical (unpaired) electrons. The molecule has 1 aromatic carbocycles. The van der Waals surface area contributed by atoms with E-state index in [1.165, 1.54) is 123 Å². The molecule has 8 atom stereocenters. The van der Waals surface area contributed by atoms with E-state index in [4.69, 9.17) is 39.9 Å². The lowest BCUT2D eigenvalue weighted by Crippen LogP contribution is -2.15. The monoisotopic (exact) mass is 1370 g/mol. The zero-order chi connectivity index (χ0) is 70.6. The lowest BCUT2D eigenvalue weighted by Gasteiger charge is -2.17. The summed E-state index contributed by atoms with van der Waals surface area (Å²) in [6.07, 6.45) is 24.1. The van der Waals surface area contributed by atoms with Crippen molar-refractivity contribution in [3.63, 3.8) is 0 Å². The van der Waals surface area contributed by atoms with Crippen LogP contribution in [0.5, 0.6) is 0 Å². The number of nitrogens with zero attached hydrogens (tertiary/aromatic N) is 16. The number of hydrogen-bond donors (Lipinski definition) is 1. The van der Waals surface area contributed by atoms with Crippen LogP contribution in [0.25, 0.3) is 102 Å². The Morgan fingerprint density at radius 2 is 0.731 bits per heavy atom. The quantitative estimate of drug-likeness (QED) is 0.135. The molecule has 104 heavy (non-hydrogen) atoms. The van der Waals surface area contributed by atoms with Gasteiger partial charge in [-0.25, -0.2) is 24.7 Å². The second-order valence-electron chi connectivity index (χ2n) is 29.6. The normalized spacial score (nSPS) is 20.4. The van der Waals surface area contributed by atoms with E-state index in [9.17, 15) is 14.7 Å². The number of fused-ring (bicyclic) bond motifs is 20. The van der Waals surface area contributed by atoms with Gasteiger partial charge in [-0.2, -0.15) is 0 Å². The Kier molecular flexibility index (Phi) is 16.2. The summed E-state index contributed by atoms with van der Waals surface area (Å²) in [5.41, 5.74) is 23.8. The van der Waals surface area contributed by atoms with Gasteiger partial charge in [-0.3, -0.25) is 39.7 Å². The number of pyridine rings is 8. The Labute approximate surface area is 603 Å².